The van der Waals surface area contributed by atoms with Gasteiger partial charge in [0.05, 0.1) is 17.0 Å². The molecule has 9 heteroatoms. The zero-order valence-electron chi connectivity index (χ0n) is 18.3. The minimum Gasteiger partial charge on any atom is -0.462 e. The van der Waals surface area contributed by atoms with E-state index in [1.54, 1.807) is 24.3 Å². The molecule has 0 aromatic carbocycles. The molecular weight excluding hydrogens is 446 g/mol. The van der Waals surface area contributed by atoms with Crippen LogP contribution < -0.4 is 10.9 Å². The summed E-state index contributed by atoms with van der Waals surface area (Å²) < 4.78 is 6.41. The summed E-state index contributed by atoms with van der Waals surface area (Å²) in [5.74, 6) is -0.289. The van der Waals surface area contributed by atoms with Crippen molar-refractivity contribution in [1.29, 1.82) is 0 Å². The van der Waals surface area contributed by atoms with Gasteiger partial charge in [-0.15, -0.1) is 22.7 Å². The van der Waals surface area contributed by atoms with Gasteiger partial charge < -0.3 is 10.1 Å². The van der Waals surface area contributed by atoms with Crippen LogP contribution in [0.1, 0.15) is 45.9 Å². The highest BCUT2D eigenvalue weighted by Gasteiger charge is 2.29. The first-order chi connectivity index (χ1) is 15.4. The summed E-state index contributed by atoms with van der Waals surface area (Å²) in [6.07, 6.45) is 2.67. The highest BCUT2D eigenvalue weighted by molar-refractivity contribution is 7.17. The smallest absolute Gasteiger partial charge is 0.341 e. The third-order valence-corrected chi connectivity index (χ3v) is 7.59. The highest BCUT2D eigenvalue weighted by atomic mass is 32.1. The molecule has 0 bridgehead atoms. The zero-order chi connectivity index (χ0) is 22.8. The fourth-order valence-electron chi connectivity index (χ4n) is 3.83. The molecule has 3 heterocycles. The van der Waals surface area contributed by atoms with E-state index in [1.807, 2.05) is 19.1 Å². The molecule has 3 aromatic heterocycles. The molecule has 1 unspecified atom stereocenters. The van der Waals surface area contributed by atoms with Crippen molar-refractivity contribution in [2.24, 2.45) is 5.92 Å². The SMILES string of the molecule is CCOC(=O)c1c(NC(=O)Cn2nc(-c3ccc(C)s3)ccc2=O)sc2c1CCC(C)C2. The van der Waals surface area contributed by atoms with Gasteiger partial charge in [-0.2, -0.15) is 5.10 Å². The lowest BCUT2D eigenvalue weighted by atomic mass is 9.88. The molecule has 1 aliphatic carbocycles. The Labute approximate surface area is 194 Å². The van der Waals surface area contributed by atoms with Crippen LogP contribution in [0.5, 0.6) is 0 Å². The standard InChI is InChI=1S/C23H25N3O4S2/c1-4-30-23(29)21-15-7-5-13(2)11-18(15)32-22(21)24-19(27)12-26-20(28)10-8-16(25-26)17-9-6-14(3)31-17/h6,8-10,13H,4-5,7,11-12H2,1-3H3,(H,24,27). The first-order valence-electron chi connectivity index (χ1n) is 10.6. The van der Waals surface area contributed by atoms with Crippen molar-refractivity contribution in [3.63, 3.8) is 0 Å². The van der Waals surface area contributed by atoms with Crippen LogP contribution in [0.2, 0.25) is 0 Å². The third kappa shape index (κ3) is 4.68. The Morgan fingerprint density at radius 1 is 1.25 bits per heavy atom. The zero-order valence-corrected chi connectivity index (χ0v) is 19.9. The number of carbonyl (C=O) groups is 2. The van der Waals surface area contributed by atoms with E-state index < -0.39 is 11.9 Å². The summed E-state index contributed by atoms with van der Waals surface area (Å²) >= 11 is 3.00. The molecule has 1 amide bonds. The van der Waals surface area contributed by atoms with Gasteiger partial charge in [0.15, 0.2) is 0 Å². The monoisotopic (exact) mass is 471 g/mol. The maximum absolute atomic E-state index is 12.8. The Hall–Kier alpha value is -2.78. The Morgan fingerprint density at radius 3 is 2.78 bits per heavy atom. The van der Waals surface area contributed by atoms with Crippen LogP contribution in [0.25, 0.3) is 10.6 Å². The molecule has 0 fully saturated rings. The van der Waals surface area contributed by atoms with Crippen LogP contribution in [-0.2, 0) is 28.9 Å². The number of rotatable bonds is 6. The summed E-state index contributed by atoms with van der Waals surface area (Å²) in [6.45, 7) is 5.97. The van der Waals surface area contributed by atoms with E-state index in [0.29, 0.717) is 22.2 Å². The second-order valence-corrected chi connectivity index (χ2v) is 10.3. The summed E-state index contributed by atoms with van der Waals surface area (Å²) in [5, 5.41) is 7.70. The number of hydrogen-bond donors (Lipinski definition) is 1. The van der Waals surface area contributed by atoms with Gasteiger partial charge in [0.25, 0.3) is 5.56 Å². The van der Waals surface area contributed by atoms with E-state index in [-0.39, 0.29) is 18.7 Å². The minimum absolute atomic E-state index is 0.238. The van der Waals surface area contributed by atoms with Gasteiger partial charge in [-0.05, 0) is 62.8 Å². The van der Waals surface area contributed by atoms with Crippen LogP contribution in [-0.4, -0.2) is 28.3 Å². The number of esters is 1. The largest absolute Gasteiger partial charge is 0.462 e. The van der Waals surface area contributed by atoms with Crippen LogP contribution in [0.4, 0.5) is 5.00 Å². The molecule has 1 N–H and O–H groups in total. The Bertz CT molecular complexity index is 1220. The number of carbonyl (C=O) groups excluding carboxylic acids is 2. The number of amides is 1. The quantitative estimate of drug-likeness (QED) is 0.542. The van der Waals surface area contributed by atoms with E-state index in [4.69, 9.17) is 4.74 Å². The van der Waals surface area contributed by atoms with Crippen molar-refractivity contribution in [2.45, 2.75) is 46.6 Å². The lowest BCUT2D eigenvalue weighted by Crippen LogP contribution is -2.29. The number of ether oxygens (including phenoxy) is 1. The molecule has 0 spiro atoms. The number of aryl methyl sites for hydroxylation is 1. The van der Waals surface area contributed by atoms with Crippen molar-refractivity contribution >= 4 is 39.6 Å². The Balaban J connectivity index is 1.58. The summed E-state index contributed by atoms with van der Waals surface area (Å²) in [6, 6.07) is 7.01. The van der Waals surface area contributed by atoms with Crippen molar-refractivity contribution in [3.8, 4) is 10.6 Å². The molecule has 3 aromatic rings. The second kappa shape index (κ2) is 9.38. The number of aromatic nitrogens is 2. The van der Waals surface area contributed by atoms with Gasteiger partial charge >= 0.3 is 5.97 Å². The van der Waals surface area contributed by atoms with Crippen LogP contribution in [0.15, 0.2) is 29.1 Å². The Morgan fingerprint density at radius 2 is 2.06 bits per heavy atom. The molecule has 1 atom stereocenters. The molecule has 0 saturated carbocycles. The average molecular weight is 472 g/mol. The lowest BCUT2D eigenvalue weighted by molar-refractivity contribution is -0.116. The van der Waals surface area contributed by atoms with Crippen LogP contribution in [0.3, 0.4) is 0 Å². The fraction of sp³-hybridized carbons (Fsp3) is 0.391. The van der Waals surface area contributed by atoms with Crippen molar-refractivity contribution in [1.82, 2.24) is 9.78 Å². The van der Waals surface area contributed by atoms with Crippen molar-refractivity contribution < 1.29 is 14.3 Å². The maximum atomic E-state index is 12.8. The minimum atomic E-state index is -0.416. The first kappa shape index (κ1) is 22.4. The number of thiophene rings is 2. The first-order valence-corrected chi connectivity index (χ1v) is 12.3. The van der Waals surface area contributed by atoms with Gasteiger partial charge in [0, 0.05) is 15.8 Å². The predicted octanol–water partition coefficient (Wildman–Crippen LogP) is 4.28. The van der Waals surface area contributed by atoms with Crippen molar-refractivity contribution in [2.75, 3.05) is 11.9 Å². The molecule has 4 rings (SSSR count). The average Bonchev–Trinajstić information content (AvgIpc) is 3.32. The Kier molecular flexibility index (Phi) is 6.57. The topological polar surface area (TPSA) is 90.3 Å². The molecule has 7 nitrogen and oxygen atoms in total. The number of nitrogens with zero attached hydrogens (tertiary/aromatic N) is 2. The molecular formula is C23H25N3O4S2. The molecule has 0 aliphatic heterocycles. The predicted molar refractivity (Wildman–Crippen MR) is 127 cm³/mol. The summed E-state index contributed by atoms with van der Waals surface area (Å²) in [4.78, 5) is 41.0. The van der Waals surface area contributed by atoms with Gasteiger partial charge in [-0.1, -0.05) is 6.92 Å². The van der Waals surface area contributed by atoms with Crippen LogP contribution >= 0.6 is 22.7 Å². The highest BCUT2D eigenvalue weighted by Crippen LogP contribution is 2.40. The van der Waals surface area contributed by atoms with Crippen molar-refractivity contribution in [3.05, 3.63) is 55.5 Å². The van der Waals surface area contributed by atoms with Gasteiger partial charge in [-0.25, -0.2) is 9.48 Å². The molecule has 32 heavy (non-hydrogen) atoms. The van der Waals surface area contributed by atoms with E-state index in [1.165, 1.54) is 17.4 Å². The number of hydrogen-bond acceptors (Lipinski definition) is 7. The molecule has 1 aliphatic rings. The second-order valence-electron chi connectivity index (χ2n) is 7.95. The summed E-state index contributed by atoms with van der Waals surface area (Å²) in [7, 11) is 0. The van der Waals surface area contributed by atoms with E-state index >= 15 is 0 Å². The number of fused-ring (bicyclic) bond motifs is 1. The normalized spacial score (nSPS) is 15.3. The van der Waals surface area contributed by atoms with E-state index in [9.17, 15) is 14.4 Å². The van der Waals surface area contributed by atoms with Gasteiger partial charge in [-0.3, -0.25) is 9.59 Å². The van der Waals surface area contributed by atoms with E-state index in [2.05, 4.69) is 17.3 Å². The van der Waals surface area contributed by atoms with Gasteiger partial charge in [0.2, 0.25) is 5.91 Å². The molecule has 0 radical (unpaired) electrons. The number of anilines is 1. The molecule has 0 saturated heterocycles. The van der Waals surface area contributed by atoms with Crippen LogP contribution in [0, 0.1) is 12.8 Å². The molecule has 168 valence electrons. The summed E-state index contributed by atoms with van der Waals surface area (Å²) in [5.41, 5.74) is 1.72. The maximum Gasteiger partial charge on any atom is 0.341 e. The van der Waals surface area contributed by atoms with Gasteiger partial charge in [0.1, 0.15) is 17.2 Å². The lowest BCUT2D eigenvalue weighted by Gasteiger charge is -2.18. The fourth-order valence-corrected chi connectivity index (χ4v) is 6.07. The van der Waals surface area contributed by atoms with E-state index in [0.717, 1.165) is 44.1 Å². The third-order valence-electron chi connectivity index (χ3n) is 5.40. The number of nitrogens with one attached hydrogen (secondary N) is 1.